The maximum atomic E-state index is 10.7. The second-order valence-electron chi connectivity index (χ2n) is 4.22. The fourth-order valence-corrected chi connectivity index (χ4v) is 2.23. The minimum Gasteiger partial charge on any atom is -0.311 e. The second-order valence-corrected chi connectivity index (χ2v) is 5.08. The predicted octanol–water partition coefficient (Wildman–Crippen LogP) is 2.44. The Morgan fingerprint density at radius 1 is 1.50 bits per heavy atom. The predicted molar refractivity (Wildman–Crippen MR) is 77.7 cm³/mol. The van der Waals surface area contributed by atoms with E-state index in [1.165, 1.54) is 12.1 Å². The number of aromatic nitrogens is 3. The van der Waals surface area contributed by atoms with Crippen LogP contribution in [0.4, 0.5) is 5.69 Å². The van der Waals surface area contributed by atoms with Crippen LogP contribution >= 0.6 is 15.9 Å². The fourth-order valence-electron chi connectivity index (χ4n) is 1.69. The molecular formula is C12H14BrN5O2. The maximum Gasteiger partial charge on any atom is 0.270 e. The van der Waals surface area contributed by atoms with Crippen molar-refractivity contribution in [3.8, 4) is 5.69 Å². The molecule has 106 valence electrons. The van der Waals surface area contributed by atoms with Gasteiger partial charge in [0.1, 0.15) is 0 Å². The molecule has 1 aromatic heterocycles. The zero-order valence-corrected chi connectivity index (χ0v) is 12.5. The number of benzene rings is 1. The van der Waals surface area contributed by atoms with Crippen LogP contribution in [0.15, 0.2) is 28.9 Å². The Morgan fingerprint density at radius 2 is 2.30 bits per heavy atom. The van der Waals surface area contributed by atoms with E-state index in [0.717, 1.165) is 18.7 Å². The Morgan fingerprint density at radius 3 is 2.95 bits per heavy atom. The molecule has 2 rings (SSSR count). The van der Waals surface area contributed by atoms with E-state index in [9.17, 15) is 10.1 Å². The van der Waals surface area contributed by atoms with Gasteiger partial charge in [-0.2, -0.15) is 0 Å². The minimum absolute atomic E-state index is 0.0329. The van der Waals surface area contributed by atoms with E-state index in [0.29, 0.717) is 16.7 Å². The number of nitro groups is 1. The lowest BCUT2D eigenvalue weighted by Gasteiger charge is -2.03. The number of non-ortho nitro benzene ring substituents is 1. The van der Waals surface area contributed by atoms with Crippen molar-refractivity contribution in [1.82, 2.24) is 20.3 Å². The third kappa shape index (κ3) is 3.40. The van der Waals surface area contributed by atoms with Gasteiger partial charge in [0.25, 0.3) is 5.69 Å². The average molecular weight is 340 g/mol. The summed E-state index contributed by atoms with van der Waals surface area (Å²) in [5.74, 6) is 0. The molecule has 1 aromatic carbocycles. The lowest BCUT2D eigenvalue weighted by molar-refractivity contribution is -0.384. The molecule has 0 aliphatic carbocycles. The number of nitro benzene ring substituents is 1. The van der Waals surface area contributed by atoms with Crippen LogP contribution in [0, 0.1) is 10.1 Å². The molecule has 0 aliphatic rings. The highest BCUT2D eigenvalue weighted by molar-refractivity contribution is 9.10. The smallest absolute Gasteiger partial charge is 0.270 e. The summed E-state index contributed by atoms with van der Waals surface area (Å²) in [5, 5.41) is 22.0. The van der Waals surface area contributed by atoms with E-state index in [4.69, 9.17) is 0 Å². The van der Waals surface area contributed by atoms with Crippen LogP contribution in [0.1, 0.15) is 19.0 Å². The molecule has 0 unspecified atom stereocenters. The first kappa shape index (κ1) is 14.6. The molecule has 1 N–H and O–H groups in total. The molecule has 0 saturated carbocycles. The first-order valence-corrected chi connectivity index (χ1v) is 6.97. The van der Waals surface area contributed by atoms with E-state index in [1.54, 1.807) is 16.9 Å². The van der Waals surface area contributed by atoms with Gasteiger partial charge in [0, 0.05) is 18.7 Å². The quantitative estimate of drug-likeness (QED) is 0.496. The summed E-state index contributed by atoms with van der Waals surface area (Å²) in [6.45, 7) is 3.67. The van der Waals surface area contributed by atoms with Crippen molar-refractivity contribution in [3.63, 3.8) is 0 Å². The standard InChI is InChI=1S/C12H14BrN5O2/c1-2-5-14-7-9-8-17(16-15-9)12-4-3-10(18(19)20)6-11(12)13/h3-4,6,8,14H,2,5,7H2,1H3. The highest BCUT2D eigenvalue weighted by Gasteiger charge is 2.11. The number of rotatable bonds is 6. The van der Waals surface area contributed by atoms with Crippen molar-refractivity contribution >= 4 is 21.6 Å². The number of hydrogen-bond donors (Lipinski definition) is 1. The molecule has 0 fully saturated rings. The van der Waals surface area contributed by atoms with Gasteiger partial charge in [-0.25, -0.2) is 4.68 Å². The summed E-state index contributed by atoms with van der Waals surface area (Å²) in [5.41, 5.74) is 1.57. The highest BCUT2D eigenvalue weighted by Crippen LogP contribution is 2.25. The molecule has 2 aromatic rings. The van der Waals surface area contributed by atoms with Gasteiger partial charge >= 0.3 is 0 Å². The van der Waals surface area contributed by atoms with Crippen LogP contribution in [-0.4, -0.2) is 26.5 Å². The SMILES string of the molecule is CCCNCc1cn(-c2ccc([N+](=O)[O-])cc2Br)nn1. The van der Waals surface area contributed by atoms with Gasteiger partial charge in [0.15, 0.2) is 0 Å². The van der Waals surface area contributed by atoms with Crippen LogP contribution in [0.25, 0.3) is 5.69 Å². The molecule has 0 saturated heterocycles. The van der Waals surface area contributed by atoms with Crippen molar-refractivity contribution in [3.05, 3.63) is 44.7 Å². The summed E-state index contributed by atoms with van der Waals surface area (Å²) in [6.07, 6.45) is 2.86. The molecule has 7 nitrogen and oxygen atoms in total. The fraction of sp³-hybridized carbons (Fsp3) is 0.333. The van der Waals surface area contributed by atoms with Crippen LogP contribution in [0.5, 0.6) is 0 Å². The molecule has 0 spiro atoms. The van der Waals surface area contributed by atoms with Crippen LogP contribution in [0.3, 0.4) is 0 Å². The Labute approximate surface area is 124 Å². The van der Waals surface area contributed by atoms with Gasteiger partial charge in [-0.05, 0) is 35.0 Å². The first-order valence-electron chi connectivity index (χ1n) is 6.18. The molecule has 20 heavy (non-hydrogen) atoms. The van der Waals surface area contributed by atoms with Crippen LogP contribution < -0.4 is 5.32 Å². The van der Waals surface area contributed by atoms with E-state index < -0.39 is 4.92 Å². The second kappa shape index (κ2) is 6.58. The van der Waals surface area contributed by atoms with Crippen LogP contribution in [0.2, 0.25) is 0 Å². The Bertz CT molecular complexity index is 614. The van der Waals surface area contributed by atoms with Crippen molar-refractivity contribution < 1.29 is 4.92 Å². The first-order chi connectivity index (χ1) is 9.61. The zero-order valence-electron chi connectivity index (χ0n) is 10.9. The third-order valence-corrected chi connectivity index (χ3v) is 3.30. The number of hydrogen-bond acceptors (Lipinski definition) is 5. The summed E-state index contributed by atoms with van der Waals surface area (Å²) in [7, 11) is 0. The largest absolute Gasteiger partial charge is 0.311 e. The van der Waals surface area contributed by atoms with E-state index >= 15 is 0 Å². The lowest BCUT2D eigenvalue weighted by Crippen LogP contribution is -2.13. The molecule has 0 amide bonds. The van der Waals surface area contributed by atoms with Crippen molar-refractivity contribution in [1.29, 1.82) is 0 Å². The topological polar surface area (TPSA) is 85.9 Å². The van der Waals surface area contributed by atoms with Crippen molar-refractivity contribution in [2.75, 3.05) is 6.54 Å². The van der Waals surface area contributed by atoms with Gasteiger partial charge in [0.05, 0.1) is 27.0 Å². The molecule has 0 atom stereocenters. The van der Waals surface area contributed by atoms with Gasteiger partial charge in [0.2, 0.25) is 0 Å². The van der Waals surface area contributed by atoms with E-state index in [2.05, 4.69) is 38.5 Å². The molecule has 0 bridgehead atoms. The molecule has 0 radical (unpaired) electrons. The molecule has 1 heterocycles. The van der Waals surface area contributed by atoms with E-state index in [1.807, 2.05) is 0 Å². The monoisotopic (exact) mass is 339 g/mol. The van der Waals surface area contributed by atoms with Gasteiger partial charge in [-0.3, -0.25) is 10.1 Å². The van der Waals surface area contributed by atoms with Crippen molar-refractivity contribution in [2.45, 2.75) is 19.9 Å². The minimum atomic E-state index is -0.435. The molecule has 0 aliphatic heterocycles. The summed E-state index contributed by atoms with van der Waals surface area (Å²) in [6, 6.07) is 4.53. The third-order valence-electron chi connectivity index (χ3n) is 2.66. The normalized spacial score (nSPS) is 10.7. The Balaban J connectivity index is 2.17. The summed E-state index contributed by atoms with van der Waals surface area (Å²) < 4.78 is 2.20. The zero-order chi connectivity index (χ0) is 14.5. The van der Waals surface area contributed by atoms with Crippen LogP contribution in [-0.2, 0) is 6.54 Å². The number of nitrogens with one attached hydrogen (secondary N) is 1. The number of halogens is 1. The van der Waals surface area contributed by atoms with Gasteiger partial charge in [-0.1, -0.05) is 12.1 Å². The highest BCUT2D eigenvalue weighted by atomic mass is 79.9. The summed E-state index contributed by atoms with van der Waals surface area (Å²) >= 11 is 3.32. The average Bonchev–Trinajstić information content (AvgIpc) is 2.87. The van der Waals surface area contributed by atoms with Gasteiger partial charge < -0.3 is 5.32 Å². The maximum absolute atomic E-state index is 10.7. The molecule has 8 heteroatoms. The Kier molecular flexibility index (Phi) is 4.80. The summed E-state index contributed by atoms with van der Waals surface area (Å²) in [4.78, 5) is 10.3. The van der Waals surface area contributed by atoms with E-state index in [-0.39, 0.29) is 5.69 Å². The van der Waals surface area contributed by atoms with Crippen molar-refractivity contribution in [2.24, 2.45) is 0 Å². The Hall–Kier alpha value is -1.80. The lowest BCUT2D eigenvalue weighted by atomic mass is 10.3. The number of nitrogens with zero attached hydrogens (tertiary/aromatic N) is 4. The van der Waals surface area contributed by atoms with Gasteiger partial charge in [-0.15, -0.1) is 5.10 Å². The molecular weight excluding hydrogens is 326 g/mol.